The highest BCUT2D eigenvalue weighted by atomic mass is 19.4. The van der Waals surface area contributed by atoms with E-state index in [0.29, 0.717) is 30.8 Å². The second-order valence-corrected chi connectivity index (χ2v) is 7.73. The Hall–Kier alpha value is -2.65. The molecule has 2 aromatic rings. The lowest BCUT2D eigenvalue weighted by molar-refractivity contribution is -0.137. The number of rotatable bonds is 8. The molecule has 0 aromatic heterocycles. The third-order valence-electron chi connectivity index (χ3n) is 4.98. The highest BCUT2D eigenvalue weighted by molar-refractivity contribution is 5.80. The number of benzene rings is 2. The van der Waals surface area contributed by atoms with Crippen molar-refractivity contribution in [3.63, 3.8) is 0 Å². The maximum Gasteiger partial charge on any atom is 0.416 e. The van der Waals surface area contributed by atoms with Gasteiger partial charge in [0.2, 0.25) is 5.91 Å². The molecule has 0 bridgehead atoms. The van der Waals surface area contributed by atoms with Gasteiger partial charge in [-0.2, -0.15) is 13.2 Å². The summed E-state index contributed by atoms with van der Waals surface area (Å²) in [5.74, 6) is -0.575. The summed E-state index contributed by atoms with van der Waals surface area (Å²) in [6, 6.07) is 9.14. The van der Waals surface area contributed by atoms with E-state index in [0.717, 1.165) is 12.1 Å². The second kappa shape index (κ2) is 9.65. The molecule has 1 aliphatic heterocycles. The van der Waals surface area contributed by atoms with E-state index in [1.165, 1.54) is 18.2 Å². The van der Waals surface area contributed by atoms with Crippen LogP contribution in [0.15, 0.2) is 42.5 Å². The van der Waals surface area contributed by atoms with Gasteiger partial charge in [0.25, 0.3) is 0 Å². The molecule has 0 aliphatic carbocycles. The van der Waals surface area contributed by atoms with E-state index in [9.17, 15) is 27.5 Å². The fourth-order valence-electron chi connectivity index (χ4n) is 3.25. The zero-order valence-electron chi connectivity index (χ0n) is 17.0. The number of nitrogens with one attached hydrogen (secondary N) is 1. The van der Waals surface area contributed by atoms with E-state index in [-0.39, 0.29) is 30.7 Å². The summed E-state index contributed by atoms with van der Waals surface area (Å²) in [6.45, 7) is 3.00. The maximum absolute atomic E-state index is 14.4. The molecule has 1 aliphatic rings. The number of halogens is 4. The first kappa shape index (κ1) is 23.0. The molecule has 1 saturated heterocycles. The molecule has 0 radical (unpaired) electrons. The van der Waals surface area contributed by atoms with Crippen LogP contribution in [0.4, 0.5) is 17.6 Å². The Bertz CT molecular complexity index is 912. The summed E-state index contributed by atoms with van der Waals surface area (Å²) in [6.07, 6.45) is -5.04. The van der Waals surface area contributed by atoms with Crippen molar-refractivity contribution >= 4 is 5.91 Å². The fourth-order valence-corrected chi connectivity index (χ4v) is 3.25. The number of ether oxygens (including phenoxy) is 1. The van der Waals surface area contributed by atoms with Gasteiger partial charge in [0.1, 0.15) is 18.2 Å². The van der Waals surface area contributed by atoms with Crippen molar-refractivity contribution in [2.45, 2.75) is 32.4 Å². The highest BCUT2D eigenvalue weighted by Gasteiger charge is 2.33. The van der Waals surface area contributed by atoms with Crippen LogP contribution in [-0.4, -0.2) is 41.7 Å². The van der Waals surface area contributed by atoms with Gasteiger partial charge in [-0.3, -0.25) is 9.69 Å². The van der Waals surface area contributed by atoms with Gasteiger partial charge in [0.15, 0.2) is 0 Å². The first-order chi connectivity index (χ1) is 14.6. The number of hydrogen-bond donors (Lipinski definition) is 2. The van der Waals surface area contributed by atoms with Gasteiger partial charge in [0.05, 0.1) is 17.6 Å². The number of aliphatic hydroxyl groups is 1. The van der Waals surface area contributed by atoms with Crippen LogP contribution in [-0.2, 0) is 24.1 Å². The van der Waals surface area contributed by atoms with Crippen molar-refractivity contribution in [2.75, 3.05) is 19.6 Å². The van der Waals surface area contributed by atoms with Crippen LogP contribution in [0.2, 0.25) is 0 Å². The largest absolute Gasteiger partial charge is 0.489 e. The molecule has 1 heterocycles. The van der Waals surface area contributed by atoms with Crippen molar-refractivity contribution in [1.82, 2.24) is 10.2 Å². The summed E-state index contributed by atoms with van der Waals surface area (Å²) in [7, 11) is 0. The zero-order valence-corrected chi connectivity index (χ0v) is 17.0. The van der Waals surface area contributed by atoms with E-state index >= 15 is 0 Å². The van der Waals surface area contributed by atoms with Crippen LogP contribution in [0.1, 0.15) is 23.6 Å². The van der Waals surface area contributed by atoms with Crippen molar-refractivity contribution in [3.05, 3.63) is 65.0 Å². The van der Waals surface area contributed by atoms with Crippen molar-refractivity contribution < 1.29 is 32.2 Å². The maximum atomic E-state index is 14.4. The van der Waals surface area contributed by atoms with Gasteiger partial charge in [-0.1, -0.05) is 18.2 Å². The predicted octanol–water partition coefficient (Wildman–Crippen LogP) is 3.35. The first-order valence-electron chi connectivity index (χ1n) is 9.87. The quantitative estimate of drug-likeness (QED) is 0.618. The number of aliphatic hydroxyl groups excluding tert-OH is 1. The van der Waals surface area contributed by atoms with Gasteiger partial charge >= 0.3 is 6.18 Å². The van der Waals surface area contributed by atoms with Crippen LogP contribution in [0.5, 0.6) is 5.75 Å². The smallest absolute Gasteiger partial charge is 0.416 e. The molecule has 0 saturated carbocycles. The van der Waals surface area contributed by atoms with E-state index < -0.39 is 23.7 Å². The molecule has 1 atom stereocenters. The fraction of sp³-hybridized carbons (Fsp3) is 0.409. The predicted molar refractivity (Wildman–Crippen MR) is 106 cm³/mol. The first-order valence-corrected chi connectivity index (χ1v) is 9.87. The van der Waals surface area contributed by atoms with E-state index in [4.69, 9.17) is 4.74 Å². The molecule has 3 rings (SSSR count). The van der Waals surface area contributed by atoms with E-state index in [1.807, 2.05) is 4.90 Å². The van der Waals surface area contributed by atoms with Crippen LogP contribution >= 0.6 is 0 Å². The number of amides is 1. The van der Waals surface area contributed by atoms with Crippen molar-refractivity contribution in [2.24, 2.45) is 5.92 Å². The molecule has 168 valence electrons. The lowest BCUT2D eigenvalue weighted by Crippen LogP contribution is -2.53. The van der Waals surface area contributed by atoms with Gasteiger partial charge in [-0.15, -0.1) is 0 Å². The number of carbonyl (C=O) groups is 1. The molecule has 9 heteroatoms. The molecule has 2 N–H and O–H groups in total. The minimum Gasteiger partial charge on any atom is -0.489 e. The number of likely N-dealkylation sites (tertiary alicyclic amines) is 1. The van der Waals surface area contributed by atoms with Crippen molar-refractivity contribution in [1.29, 1.82) is 0 Å². The SMILES string of the molecule is C[C@H](O)CNC(=O)C1CN(Cc2ccc(OCc3cccc(C(F)(F)F)c3)cc2F)C1. The summed E-state index contributed by atoms with van der Waals surface area (Å²) < 4.78 is 58.2. The Morgan fingerprint density at radius 3 is 2.65 bits per heavy atom. The molecule has 0 unspecified atom stereocenters. The van der Waals surface area contributed by atoms with Crippen LogP contribution in [0.3, 0.4) is 0 Å². The third-order valence-corrected chi connectivity index (χ3v) is 4.98. The Morgan fingerprint density at radius 1 is 1.26 bits per heavy atom. The van der Waals surface area contributed by atoms with Crippen LogP contribution in [0, 0.1) is 11.7 Å². The molecule has 31 heavy (non-hydrogen) atoms. The Kier molecular flexibility index (Phi) is 7.17. The second-order valence-electron chi connectivity index (χ2n) is 7.73. The summed E-state index contributed by atoms with van der Waals surface area (Å²) >= 11 is 0. The third kappa shape index (κ3) is 6.41. The monoisotopic (exact) mass is 440 g/mol. The Balaban J connectivity index is 1.49. The molecular weight excluding hydrogens is 416 g/mol. The molecular formula is C22H24F4N2O3. The lowest BCUT2D eigenvalue weighted by Gasteiger charge is -2.38. The summed E-state index contributed by atoms with van der Waals surface area (Å²) in [5.41, 5.74) is 0.0107. The summed E-state index contributed by atoms with van der Waals surface area (Å²) in [5, 5.41) is 11.9. The van der Waals surface area contributed by atoms with Gasteiger partial charge in [-0.25, -0.2) is 4.39 Å². The number of nitrogens with zero attached hydrogens (tertiary/aromatic N) is 1. The molecule has 1 amide bonds. The van der Waals surface area contributed by atoms with Gasteiger partial charge < -0.3 is 15.2 Å². The van der Waals surface area contributed by atoms with Crippen molar-refractivity contribution in [3.8, 4) is 5.75 Å². The zero-order chi connectivity index (χ0) is 22.6. The topological polar surface area (TPSA) is 61.8 Å². The number of alkyl halides is 3. The number of carbonyl (C=O) groups excluding carboxylic acids is 1. The minimum absolute atomic E-state index is 0.113. The Morgan fingerprint density at radius 2 is 2.00 bits per heavy atom. The van der Waals surface area contributed by atoms with E-state index in [1.54, 1.807) is 19.1 Å². The summed E-state index contributed by atoms with van der Waals surface area (Å²) in [4.78, 5) is 13.8. The molecule has 1 fully saturated rings. The molecule has 5 nitrogen and oxygen atoms in total. The molecule has 0 spiro atoms. The number of hydrogen-bond acceptors (Lipinski definition) is 4. The Labute approximate surface area is 177 Å². The van der Waals surface area contributed by atoms with Crippen LogP contribution < -0.4 is 10.1 Å². The van der Waals surface area contributed by atoms with E-state index in [2.05, 4.69) is 5.32 Å². The normalized spacial score (nSPS) is 15.9. The average Bonchev–Trinajstić information content (AvgIpc) is 2.67. The van der Waals surface area contributed by atoms with Crippen LogP contribution in [0.25, 0.3) is 0 Å². The highest BCUT2D eigenvalue weighted by Crippen LogP contribution is 2.30. The standard InChI is InChI=1S/C22H24F4N2O3/c1-14(29)9-27-21(30)17-11-28(12-17)10-16-5-6-19(8-20(16)23)31-13-15-3-2-4-18(7-15)22(24,25)26/h2-8,14,17,29H,9-13H2,1H3,(H,27,30)/t14-/m0/s1. The van der Waals surface area contributed by atoms with Gasteiger partial charge in [-0.05, 0) is 30.7 Å². The average molecular weight is 440 g/mol. The lowest BCUT2D eigenvalue weighted by atomic mass is 9.98. The minimum atomic E-state index is -4.43. The molecule has 2 aromatic carbocycles. The van der Waals surface area contributed by atoms with Gasteiger partial charge in [0, 0.05) is 37.8 Å².